The first kappa shape index (κ1) is 36.7. The van der Waals surface area contributed by atoms with Crippen LogP contribution in [0.15, 0.2) is 130 Å². The predicted octanol–water partition coefficient (Wildman–Crippen LogP) is 11.0. The minimum absolute atomic E-state index is 0.747. The second kappa shape index (κ2) is 17.5. The van der Waals surface area contributed by atoms with E-state index < -0.39 is 0 Å². The van der Waals surface area contributed by atoms with Gasteiger partial charge >= 0.3 is 0 Å². The summed E-state index contributed by atoms with van der Waals surface area (Å²) in [6, 6.07) is 32.9. The summed E-state index contributed by atoms with van der Waals surface area (Å²) in [6.45, 7) is 1.92. The number of hydrogen-bond acceptors (Lipinski definition) is 10. The smallest absolute Gasteiger partial charge is 0.203 e. The standard InChI is InChI=1S/C44H42N8O2S2/c1-53-35-19-15-31(16-20-35)39-29-55-43(47-39)49-45-25-33-27-51(41-13-7-5-11-37(33)41)23-9-3-4-10-24-52-28-34(38-12-6-8-14-42(38)52)26-46-50-44-48-40(30-56-44)32-17-21-36(54-2)22-18-32/h5-8,11-22,25-30H,3-4,9-10,23-24H2,1-2H3,(H,47,49)(H,48,50)/b45-25+,46-26+. The van der Waals surface area contributed by atoms with Crippen molar-refractivity contribution in [3.63, 3.8) is 0 Å². The van der Waals surface area contributed by atoms with Crippen molar-refractivity contribution in [1.82, 2.24) is 19.1 Å². The highest BCUT2D eigenvalue weighted by molar-refractivity contribution is 7.14. The fraction of sp³-hybridized carbons (Fsp3) is 0.182. The molecular weight excluding hydrogens is 737 g/mol. The van der Waals surface area contributed by atoms with Crippen molar-refractivity contribution in [3.8, 4) is 34.0 Å². The summed E-state index contributed by atoms with van der Waals surface area (Å²) in [4.78, 5) is 9.41. The van der Waals surface area contributed by atoms with E-state index in [0.29, 0.717) is 0 Å². The number of unbranched alkanes of at least 4 members (excludes halogenated alkanes) is 3. The zero-order valence-electron chi connectivity index (χ0n) is 31.3. The van der Waals surface area contributed by atoms with Gasteiger partial charge in [0.25, 0.3) is 0 Å². The molecule has 0 aliphatic heterocycles. The molecule has 0 saturated heterocycles. The van der Waals surface area contributed by atoms with Crippen molar-refractivity contribution in [2.75, 3.05) is 25.1 Å². The molecule has 0 aliphatic carbocycles. The van der Waals surface area contributed by atoms with Crippen LogP contribution in [-0.4, -0.2) is 45.8 Å². The summed E-state index contributed by atoms with van der Waals surface area (Å²) in [6.07, 6.45) is 12.7. The molecule has 0 radical (unpaired) electrons. The number of benzene rings is 4. The number of ether oxygens (including phenoxy) is 2. The van der Waals surface area contributed by atoms with Crippen LogP contribution in [-0.2, 0) is 13.1 Å². The summed E-state index contributed by atoms with van der Waals surface area (Å²) in [7, 11) is 3.34. The third-order valence-electron chi connectivity index (χ3n) is 9.69. The fourth-order valence-corrected chi connectivity index (χ4v) is 8.13. The summed E-state index contributed by atoms with van der Waals surface area (Å²) in [5.74, 6) is 1.65. The van der Waals surface area contributed by atoms with Crippen LogP contribution in [0.1, 0.15) is 36.8 Å². The molecule has 2 N–H and O–H groups in total. The molecule has 0 fully saturated rings. The van der Waals surface area contributed by atoms with Crippen molar-refractivity contribution in [3.05, 3.63) is 131 Å². The van der Waals surface area contributed by atoms with E-state index in [2.05, 4.69) is 91.1 Å². The van der Waals surface area contributed by atoms with Crippen LogP contribution >= 0.6 is 22.7 Å². The third-order valence-corrected chi connectivity index (χ3v) is 11.2. The van der Waals surface area contributed by atoms with Crippen molar-refractivity contribution >= 4 is 67.2 Å². The van der Waals surface area contributed by atoms with E-state index in [0.717, 1.165) is 94.2 Å². The van der Waals surface area contributed by atoms with Gasteiger partial charge in [-0.25, -0.2) is 9.97 Å². The fourth-order valence-electron chi connectivity index (χ4n) is 6.80. The Balaban J connectivity index is 0.826. The molecule has 12 heteroatoms. The van der Waals surface area contributed by atoms with E-state index in [1.54, 1.807) is 14.2 Å². The molecule has 8 aromatic rings. The van der Waals surface area contributed by atoms with Crippen molar-refractivity contribution < 1.29 is 9.47 Å². The monoisotopic (exact) mass is 778 g/mol. The zero-order valence-corrected chi connectivity index (χ0v) is 32.9. The van der Waals surface area contributed by atoms with Gasteiger partial charge in [-0.15, -0.1) is 22.7 Å². The molecule has 0 spiro atoms. The van der Waals surface area contributed by atoms with Gasteiger partial charge in [0.1, 0.15) is 11.5 Å². The average Bonchev–Trinajstić information content (AvgIpc) is 4.06. The largest absolute Gasteiger partial charge is 0.497 e. The predicted molar refractivity (Wildman–Crippen MR) is 233 cm³/mol. The Morgan fingerprint density at radius 3 is 1.43 bits per heavy atom. The molecule has 0 bridgehead atoms. The number of nitrogens with zero attached hydrogens (tertiary/aromatic N) is 6. The Labute approximate surface area is 333 Å². The van der Waals surface area contributed by atoms with Gasteiger partial charge in [-0.1, -0.05) is 49.2 Å². The second-order valence-corrected chi connectivity index (χ2v) is 15.0. The van der Waals surface area contributed by atoms with E-state index in [-0.39, 0.29) is 0 Å². The van der Waals surface area contributed by atoms with E-state index in [9.17, 15) is 0 Å². The molecule has 4 aromatic heterocycles. The third kappa shape index (κ3) is 8.51. The van der Waals surface area contributed by atoms with Gasteiger partial charge in [0, 0.05) is 80.3 Å². The number of nitrogens with one attached hydrogen (secondary N) is 2. The highest BCUT2D eigenvalue weighted by Crippen LogP contribution is 2.29. The molecular formula is C44H42N8O2S2. The van der Waals surface area contributed by atoms with E-state index in [4.69, 9.17) is 19.4 Å². The van der Waals surface area contributed by atoms with Gasteiger partial charge in [-0.3, -0.25) is 10.9 Å². The molecule has 0 unspecified atom stereocenters. The van der Waals surface area contributed by atoms with Gasteiger partial charge < -0.3 is 18.6 Å². The highest BCUT2D eigenvalue weighted by Gasteiger charge is 2.10. The van der Waals surface area contributed by atoms with Gasteiger partial charge in [0.2, 0.25) is 10.3 Å². The molecule has 4 aromatic carbocycles. The first-order chi connectivity index (χ1) is 27.6. The first-order valence-corrected chi connectivity index (χ1v) is 20.3. The number of thiazole rings is 2. The Morgan fingerprint density at radius 2 is 1.00 bits per heavy atom. The molecule has 10 nitrogen and oxygen atoms in total. The molecule has 0 aliphatic rings. The summed E-state index contributed by atoms with van der Waals surface area (Å²) in [5.41, 5.74) is 14.7. The highest BCUT2D eigenvalue weighted by atomic mass is 32.1. The van der Waals surface area contributed by atoms with Gasteiger partial charge in [-0.05, 0) is 73.5 Å². The van der Waals surface area contributed by atoms with Crippen LogP contribution < -0.4 is 20.3 Å². The number of methoxy groups -OCH3 is 2. The van der Waals surface area contributed by atoms with Crippen LogP contribution in [0.25, 0.3) is 44.3 Å². The number of fused-ring (bicyclic) bond motifs is 2. The molecule has 282 valence electrons. The molecule has 0 amide bonds. The second-order valence-electron chi connectivity index (χ2n) is 13.3. The van der Waals surface area contributed by atoms with Crippen LogP contribution in [0, 0.1) is 0 Å². The quantitative estimate of drug-likeness (QED) is 0.0542. The summed E-state index contributed by atoms with van der Waals surface area (Å²) < 4.78 is 15.3. The van der Waals surface area contributed by atoms with E-state index in [1.165, 1.54) is 44.5 Å². The minimum Gasteiger partial charge on any atom is -0.497 e. The number of hydrazone groups is 2. The van der Waals surface area contributed by atoms with Gasteiger partial charge in [-0.2, -0.15) is 10.2 Å². The van der Waals surface area contributed by atoms with E-state index >= 15 is 0 Å². The molecule has 0 atom stereocenters. The lowest BCUT2D eigenvalue weighted by atomic mass is 10.2. The lowest BCUT2D eigenvalue weighted by Gasteiger charge is -2.07. The number of anilines is 2. The maximum atomic E-state index is 5.27. The van der Waals surface area contributed by atoms with Crippen molar-refractivity contribution in [2.24, 2.45) is 10.2 Å². The van der Waals surface area contributed by atoms with Gasteiger partial charge in [0.05, 0.1) is 38.0 Å². The number of rotatable bonds is 17. The van der Waals surface area contributed by atoms with Crippen LogP contribution in [0.4, 0.5) is 10.3 Å². The number of hydrogen-bond donors (Lipinski definition) is 2. The zero-order chi connectivity index (χ0) is 38.1. The summed E-state index contributed by atoms with van der Waals surface area (Å²) >= 11 is 3.06. The topological polar surface area (TPSA) is 103 Å². The Morgan fingerprint density at radius 1 is 0.571 bits per heavy atom. The first-order valence-electron chi connectivity index (χ1n) is 18.6. The number of para-hydroxylation sites is 2. The summed E-state index contributed by atoms with van der Waals surface area (Å²) in [5, 5.41) is 17.0. The lowest BCUT2D eigenvalue weighted by Crippen LogP contribution is -1.98. The minimum atomic E-state index is 0.747. The Hall–Kier alpha value is -6.24. The molecule has 0 saturated carbocycles. The number of aryl methyl sites for hydroxylation is 2. The van der Waals surface area contributed by atoms with Gasteiger partial charge in [0.15, 0.2) is 0 Å². The molecule has 4 heterocycles. The van der Waals surface area contributed by atoms with Crippen LogP contribution in [0.3, 0.4) is 0 Å². The maximum Gasteiger partial charge on any atom is 0.203 e. The SMILES string of the molecule is COc1ccc(-c2csc(N/N=C/c3cn(CCCCCCn4cc(/C=N/Nc5nc(-c6ccc(OC)cc6)cs5)c5ccccc54)c4ccccc34)n2)cc1. The van der Waals surface area contributed by atoms with Crippen LogP contribution in [0.2, 0.25) is 0 Å². The van der Waals surface area contributed by atoms with Crippen LogP contribution in [0.5, 0.6) is 11.5 Å². The maximum absolute atomic E-state index is 5.27. The number of aromatic nitrogens is 4. The molecule has 8 rings (SSSR count). The normalized spacial score (nSPS) is 11.7. The van der Waals surface area contributed by atoms with Crippen molar-refractivity contribution in [2.45, 2.75) is 38.8 Å². The Bertz CT molecular complexity index is 2400. The van der Waals surface area contributed by atoms with Crippen molar-refractivity contribution in [1.29, 1.82) is 0 Å². The molecule has 56 heavy (non-hydrogen) atoms. The van der Waals surface area contributed by atoms with E-state index in [1.807, 2.05) is 71.7 Å². The lowest BCUT2D eigenvalue weighted by molar-refractivity contribution is 0.415. The Kier molecular flexibility index (Phi) is 11.5. The average molecular weight is 779 g/mol.